The normalized spacial score (nSPS) is 28.9. The Hall–Kier alpha value is -1.03. The Bertz CT molecular complexity index is 321. The Balaban J connectivity index is 2.95. The van der Waals surface area contributed by atoms with Crippen molar-refractivity contribution in [2.24, 2.45) is 11.8 Å². The molecule has 0 aliphatic heterocycles. The predicted molar refractivity (Wildman–Crippen MR) is 54.7 cm³/mol. The predicted octanol–water partition coefficient (Wildman–Crippen LogP) is 2.08. The van der Waals surface area contributed by atoms with Crippen LogP contribution >= 0.6 is 11.6 Å². The molecule has 5 heteroatoms. The highest BCUT2D eigenvalue weighted by Gasteiger charge is 2.32. The Morgan fingerprint density at radius 3 is 2.47 bits per heavy atom. The van der Waals surface area contributed by atoms with Crippen LogP contribution in [0.5, 0.6) is 0 Å². The van der Waals surface area contributed by atoms with E-state index in [-0.39, 0.29) is 23.3 Å². The molecular weight excluding hydrogens is 220 g/mol. The molecule has 0 heterocycles. The van der Waals surface area contributed by atoms with E-state index in [4.69, 9.17) is 21.8 Å². The van der Waals surface area contributed by atoms with Crippen molar-refractivity contribution in [2.45, 2.75) is 26.2 Å². The molecule has 0 spiro atoms. The van der Waals surface area contributed by atoms with Crippen molar-refractivity contribution in [3.05, 3.63) is 10.6 Å². The third-order valence-corrected chi connectivity index (χ3v) is 3.16. The number of carboxylic acids is 2. The van der Waals surface area contributed by atoms with Gasteiger partial charge < -0.3 is 10.2 Å². The number of aliphatic carboxylic acids is 2. The fourth-order valence-corrected chi connectivity index (χ4v) is 2.45. The first-order valence-electron chi connectivity index (χ1n) is 4.78. The molecule has 4 nitrogen and oxygen atoms in total. The number of hydrogen-bond acceptors (Lipinski definition) is 2. The summed E-state index contributed by atoms with van der Waals surface area (Å²) in [5.41, 5.74) is 0.589. The van der Waals surface area contributed by atoms with Crippen molar-refractivity contribution < 1.29 is 19.8 Å². The van der Waals surface area contributed by atoms with Gasteiger partial charge in [-0.25, -0.2) is 4.79 Å². The van der Waals surface area contributed by atoms with Crippen LogP contribution in [0.1, 0.15) is 26.2 Å². The average Bonchev–Trinajstić information content (AvgIpc) is 2.45. The third kappa shape index (κ3) is 2.72. The molecule has 2 atom stereocenters. The molecule has 2 N–H and O–H groups in total. The number of rotatable bonds is 3. The van der Waals surface area contributed by atoms with Crippen molar-refractivity contribution in [2.75, 3.05) is 0 Å². The molecule has 0 aromatic rings. The molecule has 0 saturated heterocycles. The van der Waals surface area contributed by atoms with Crippen LogP contribution in [-0.2, 0) is 9.59 Å². The molecule has 15 heavy (non-hydrogen) atoms. The maximum Gasteiger partial charge on any atom is 0.347 e. The summed E-state index contributed by atoms with van der Waals surface area (Å²) in [5.74, 6) is -2.24. The van der Waals surface area contributed by atoms with Crippen LogP contribution in [0.15, 0.2) is 10.6 Å². The summed E-state index contributed by atoms with van der Waals surface area (Å²) in [6, 6.07) is 0. The first-order chi connectivity index (χ1) is 6.93. The third-order valence-electron chi connectivity index (χ3n) is 2.78. The summed E-state index contributed by atoms with van der Waals surface area (Å²) in [4.78, 5) is 21.3. The van der Waals surface area contributed by atoms with Crippen LogP contribution in [0.2, 0.25) is 0 Å². The molecule has 0 radical (unpaired) electrons. The van der Waals surface area contributed by atoms with E-state index < -0.39 is 11.9 Å². The Labute approximate surface area is 92.5 Å². The second kappa shape index (κ2) is 4.66. The first-order valence-corrected chi connectivity index (χ1v) is 5.16. The van der Waals surface area contributed by atoms with Gasteiger partial charge in [-0.05, 0) is 30.3 Å². The molecule has 1 aliphatic rings. The number of carbonyl (C=O) groups is 2. The molecule has 1 aliphatic carbocycles. The van der Waals surface area contributed by atoms with Gasteiger partial charge in [-0.1, -0.05) is 18.5 Å². The lowest BCUT2D eigenvalue weighted by Gasteiger charge is -2.13. The molecule has 0 aromatic carbocycles. The van der Waals surface area contributed by atoms with Crippen molar-refractivity contribution in [3.63, 3.8) is 0 Å². The van der Waals surface area contributed by atoms with Crippen LogP contribution in [0.4, 0.5) is 0 Å². The summed E-state index contributed by atoms with van der Waals surface area (Å²) < 4.78 is 0. The van der Waals surface area contributed by atoms with Gasteiger partial charge in [-0.3, -0.25) is 4.79 Å². The van der Waals surface area contributed by atoms with Crippen LogP contribution in [-0.4, -0.2) is 22.2 Å². The van der Waals surface area contributed by atoms with E-state index in [1.807, 2.05) is 6.92 Å². The van der Waals surface area contributed by atoms with E-state index in [9.17, 15) is 9.59 Å². The van der Waals surface area contributed by atoms with Gasteiger partial charge in [0.25, 0.3) is 0 Å². The molecule has 1 fully saturated rings. The van der Waals surface area contributed by atoms with Gasteiger partial charge >= 0.3 is 11.9 Å². The molecule has 1 saturated carbocycles. The highest BCUT2D eigenvalue weighted by atomic mass is 35.5. The summed E-state index contributed by atoms with van der Waals surface area (Å²) in [6.07, 6.45) is 1.46. The lowest BCUT2D eigenvalue weighted by atomic mass is 9.94. The number of allylic oxidation sites excluding steroid dienone is 1. The van der Waals surface area contributed by atoms with Gasteiger partial charge in [-0.15, -0.1) is 0 Å². The van der Waals surface area contributed by atoms with Crippen LogP contribution in [0.3, 0.4) is 0 Å². The zero-order valence-electron chi connectivity index (χ0n) is 8.36. The van der Waals surface area contributed by atoms with Gasteiger partial charge in [-0.2, -0.15) is 0 Å². The molecule has 1 rings (SSSR count). The number of hydrogen-bond donors (Lipinski definition) is 2. The molecule has 0 bridgehead atoms. The van der Waals surface area contributed by atoms with Crippen molar-refractivity contribution in [1.29, 1.82) is 0 Å². The smallest absolute Gasteiger partial charge is 0.347 e. The number of carboxylic acid groups (broad SMARTS) is 2. The topological polar surface area (TPSA) is 74.6 Å². The van der Waals surface area contributed by atoms with E-state index in [0.717, 1.165) is 6.42 Å². The fourth-order valence-electron chi connectivity index (χ4n) is 2.11. The molecule has 84 valence electrons. The van der Waals surface area contributed by atoms with E-state index in [2.05, 4.69) is 0 Å². The summed E-state index contributed by atoms with van der Waals surface area (Å²) in [5, 5.41) is 17.3. The first kappa shape index (κ1) is 12.0. The fraction of sp³-hybridized carbons (Fsp3) is 0.600. The van der Waals surface area contributed by atoms with Gasteiger partial charge in [0.1, 0.15) is 5.03 Å². The second-order valence-corrected chi connectivity index (χ2v) is 4.23. The SMILES string of the molecule is CC1CCC(CC(=O)O)/C1=C(\Cl)C(=O)O. The summed E-state index contributed by atoms with van der Waals surface area (Å²) in [7, 11) is 0. The number of halogens is 1. The minimum atomic E-state index is -1.17. The Morgan fingerprint density at radius 1 is 1.40 bits per heavy atom. The zero-order chi connectivity index (χ0) is 11.6. The second-order valence-electron chi connectivity index (χ2n) is 3.85. The van der Waals surface area contributed by atoms with Crippen molar-refractivity contribution in [3.8, 4) is 0 Å². The minimum absolute atomic E-state index is 0.0385. The van der Waals surface area contributed by atoms with Crippen molar-refractivity contribution >= 4 is 23.5 Å². The van der Waals surface area contributed by atoms with Crippen LogP contribution in [0.25, 0.3) is 0 Å². The van der Waals surface area contributed by atoms with Gasteiger partial charge in [0.15, 0.2) is 0 Å². The van der Waals surface area contributed by atoms with E-state index in [1.54, 1.807) is 0 Å². The molecule has 0 amide bonds. The molecule has 2 unspecified atom stereocenters. The van der Waals surface area contributed by atoms with E-state index in [0.29, 0.717) is 12.0 Å². The van der Waals surface area contributed by atoms with E-state index >= 15 is 0 Å². The zero-order valence-corrected chi connectivity index (χ0v) is 9.12. The highest BCUT2D eigenvalue weighted by molar-refractivity contribution is 6.41. The van der Waals surface area contributed by atoms with Crippen LogP contribution in [0, 0.1) is 11.8 Å². The summed E-state index contributed by atoms with van der Waals surface area (Å²) >= 11 is 5.68. The lowest BCUT2D eigenvalue weighted by Crippen LogP contribution is -2.11. The monoisotopic (exact) mass is 232 g/mol. The van der Waals surface area contributed by atoms with Crippen molar-refractivity contribution in [1.82, 2.24) is 0 Å². The maximum atomic E-state index is 10.7. The Morgan fingerprint density at radius 2 is 2.00 bits per heavy atom. The van der Waals surface area contributed by atoms with Gasteiger partial charge in [0, 0.05) is 0 Å². The largest absolute Gasteiger partial charge is 0.481 e. The quantitative estimate of drug-likeness (QED) is 0.731. The summed E-state index contributed by atoms with van der Waals surface area (Å²) in [6.45, 7) is 1.88. The van der Waals surface area contributed by atoms with Crippen LogP contribution < -0.4 is 0 Å². The maximum absolute atomic E-state index is 10.7. The highest BCUT2D eigenvalue weighted by Crippen LogP contribution is 2.41. The minimum Gasteiger partial charge on any atom is -0.481 e. The van der Waals surface area contributed by atoms with Gasteiger partial charge in [0.2, 0.25) is 0 Å². The van der Waals surface area contributed by atoms with Gasteiger partial charge in [0.05, 0.1) is 6.42 Å². The standard InChI is InChI=1S/C10H13ClO4/c1-5-2-3-6(4-7(12)13)8(5)9(11)10(14)15/h5-6H,2-4H2,1H3,(H,12,13)(H,14,15)/b9-8-. The molecule has 0 aromatic heterocycles. The Kier molecular flexibility index (Phi) is 3.74. The lowest BCUT2D eigenvalue weighted by molar-refractivity contribution is -0.138. The van der Waals surface area contributed by atoms with E-state index in [1.165, 1.54) is 0 Å². The average molecular weight is 233 g/mol. The molecular formula is C10H13ClO4.